The highest BCUT2D eigenvalue weighted by molar-refractivity contribution is 6.33. The highest BCUT2D eigenvalue weighted by Gasteiger charge is 2.26. The van der Waals surface area contributed by atoms with E-state index in [4.69, 9.17) is 21.1 Å². The monoisotopic (exact) mass is 416 g/mol. The van der Waals surface area contributed by atoms with Crippen molar-refractivity contribution in [3.05, 3.63) is 76.3 Å². The third kappa shape index (κ3) is 4.30. The molecule has 3 rings (SSSR count). The molecule has 0 radical (unpaired) electrons. The molecule has 0 aliphatic rings. The Kier molecular flexibility index (Phi) is 5.98. The molecular formula is C21H18ClFN2O4. The number of esters is 1. The Bertz CT molecular complexity index is 1050. The smallest absolute Gasteiger partial charge is 0.343 e. The summed E-state index contributed by atoms with van der Waals surface area (Å²) in [5.74, 6) is -0.919. The summed E-state index contributed by atoms with van der Waals surface area (Å²) in [7, 11) is 1.53. The zero-order valence-electron chi connectivity index (χ0n) is 16.0. The highest BCUT2D eigenvalue weighted by atomic mass is 35.5. The minimum absolute atomic E-state index is 0.0169. The van der Waals surface area contributed by atoms with Crippen LogP contribution in [0.1, 0.15) is 33.3 Å². The lowest BCUT2D eigenvalue weighted by Gasteiger charge is -2.12. The van der Waals surface area contributed by atoms with Crippen LogP contribution in [0, 0.1) is 12.7 Å². The molecule has 0 amide bonds. The second-order valence-corrected chi connectivity index (χ2v) is 6.64. The van der Waals surface area contributed by atoms with Crippen molar-refractivity contribution in [1.29, 1.82) is 0 Å². The second kappa shape index (κ2) is 8.45. The predicted octanol–water partition coefficient (Wildman–Crippen LogP) is 4.41. The molecule has 0 aliphatic carbocycles. The number of rotatable bonds is 6. The summed E-state index contributed by atoms with van der Waals surface area (Å²) in [5, 5.41) is 4.24. The first kappa shape index (κ1) is 20.5. The lowest BCUT2D eigenvalue weighted by atomic mass is 10.1. The number of ether oxygens (including phenoxy) is 2. The normalized spacial score (nSPS) is 11.8. The van der Waals surface area contributed by atoms with Crippen LogP contribution in [0.15, 0.2) is 48.5 Å². The molecule has 0 aliphatic heterocycles. The second-order valence-electron chi connectivity index (χ2n) is 6.28. The highest BCUT2D eigenvalue weighted by Crippen LogP contribution is 2.25. The maximum Gasteiger partial charge on any atom is 0.343 e. The zero-order valence-corrected chi connectivity index (χ0v) is 16.7. The van der Waals surface area contributed by atoms with Gasteiger partial charge in [0.2, 0.25) is 5.78 Å². The molecule has 2 aromatic carbocycles. The van der Waals surface area contributed by atoms with Crippen LogP contribution in [-0.4, -0.2) is 34.7 Å². The maximum atomic E-state index is 13.1. The molecule has 1 heterocycles. The number of Topliss-reactive ketones (excluding diaryl/α,β-unsaturated/α-hetero) is 1. The third-order valence-electron chi connectivity index (χ3n) is 4.31. The molecule has 0 unspecified atom stereocenters. The Morgan fingerprint density at radius 1 is 1.10 bits per heavy atom. The molecule has 1 aromatic heterocycles. The summed E-state index contributed by atoms with van der Waals surface area (Å²) in [5.41, 5.74) is 1.25. The van der Waals surface area contributed by atoms with Crippen molar-refractivity contribution in [3.63, 3.8) is 0 Å². The van der Waals surface area contributed by atoms with E-state index < -0.39 is 17.9 Å². The molecule has 150 valence electrons. The third-order valence-corrected chi connectivity index (χ3v) is 4.66. The summed E-state index contributed by atoms with van der Waals surface area (Å²) in [4.78, 5) is 25.2. The zero-order chi connectivity index (χ0) is 21.1. The number of benzene rings is 2. The first-order valence-corrected chi connectivity index (χ1v) is 9.10. The number of aryl methyl sites for hydroxylation is 1. The molecule has 0 fully saturated rings. The fraction of sp³-hybridized carbons (Fsp3) is 0.190. The van der Waals surface area contributed by atoms with Gasteiger partial charge >= 0.3 is 5.97 Å². The average molecular weight is 417 g/mol. The van der Waals surface area contributed by atoms with Gasteiger partial charge in [0, 0.05) is 5.56 Å². The van der Waals surface area contributed by atoms with Gasteiger partial charge in [-0.1, -0.05) is 11.6 Å². The van der Waals surface area contributed by atoms with E-state index in [2.05, 4.69) is 5.10 Å². The van der Waals surface area contributed by atoms with Crippen LogP contribution < -0.4 is 4.74 Å². The fourth-order valence-electron chi connectivity index (χ4n) is 2.75. The lowest BCUT2D eigenvalue weighted by Crippen LogP contribution is -2.24. The molecular weight excluding hydrogens is 399 g/mol. The van der Waals surface area contributed by atoms with E-state index in [0.29, 0.717) is 22.7 Å². The number of carbonyl (C=O) groups is 2. The average Bonchev–Trinajstić information content (AvgIpc) is 3.02. The van der Waals surface area contributed by atoms with E-state index in [1.54, 1.807) is 31.2 Å². The van der Waals surface area contributed by atoms with Gasteiger partial charge in [-0.15, -0.1) is 0 Å². The molecule has 0 bridgehead atoms. The number of halogens is 2. The lowest BCUT2D eigenvalue weighted by molar-refractivity contribution is 0.0318. The minimum atomic E-state index is -1.03. The van der Waals surface area contributed by atoms with Gasteiger partial charge in [0.15, 0.2) is 6.10 Å². The van der Waals surface area contributed by atoms with E-state index in [1.807, 2.05) is 0 Å². The SMILES string of the molecule is COc1ccc(C(=O)[C@@H](C)OC(=O)c2c(C)nn(-c3ccc(F)cc3)c2Cl)cc1. The van der Waals surface area contributed by atoms with E-state index in [9.17, 15) is 14.0 Å². The molecule has 3 aromatic rings. The summed E-state index contributed by atoms with van der Waals surface area (Å²) < 4.78 is 24.8. The number of aromatic nitrogens is 2. The fourth-order valence-corrected chi connectivity index (χ4v) is 3.10. The molecule has 0 N–H and O–H groups in total. The van der Waals surface area contributed by atoms with Crippen LogP contribution in [0.5, 0.6) is 5.75 Å². The first-order valence-electron chi connectivity index (χ1n) is 8.72. The summed E-state index contributed by atoms with van der Waals surface area (Å²) >= 11 is 6.32. The molecule has 8 heteroatoms. The quantitative estimate of drug-likeness (QED) is 0.439. The molecule has 0 saturated carbocycles. The van der Waals surface area contributed by atoms with E-state index in [0.717, 1.165) is 0 Å². The van der Waals surface area contributed by atoms with Gasteiger partial charge < -0.3 is 9.47 Å². The van der Waals surface area contributed by atoms with Crippen molar-refractivity contribution in [3.8, 4) is 11.4 Å². The van der Waals surface area contributed by atoms with Crippen LogP contribution in [-0.2, 0) is 4.74 Å². The topological polar surface area (TPSA) is 70.4 Å². The van der Waals surface area contributed by atoms with Crippen LogP contribution in [0.2, 0.25) is 5.15 Å². The molecule has 1 atom stereocenters. The van der Waals surface area contributed by atoms with Crippen molar-refractivity contribution in [2.75, 3.05) is 7.11 Å². The van der Waals surface area contributed by atoms with E-state index in [1.165, 1.54) is 43.0 Å². The van der Waals surface area contributed by atoms with Crippen molar-refractivity contribution in [1.82, 2.24) is 9.78 Å². The molecule has 0 spiro atoms. The number of hydrogen-bond acceptors (Lipinski definition) is 5. The van der Waals surface area contributed by atoms with Crippen LogP contribution >= 0.6 is 11.6 Å². The number of carbonyl (C=O) groups excluding carboxylic acids is 2. The van der Waals surface area contributed by atoms with E-state index >= 15 is 0 Å². The largest absolute Gasteiger partial charge is 0.497 e. The Labute approximate surface area is 171 Å². The maximum absolute atomic E-state index is 13.1. The molecule has 29 heavy (non-hydrogen) atoms. The van der Waals surface area contributed by atoms with Gasteiger partial charge in [-0.3, -0.25) is 4.79 Å². The number of methoxy groups -OCH3 is 1. The summed E-state index contributed by atoms with van der Waals surface area (Å²) in [6.45, 7) is 3.08. The predicted molar refractivity (Wildman–Crippen MR) is 105 cm³/mol. The van der Waals surface area contributed by atoms with Gasteiger partial charge in [0.1, 0.15) is 22.3 Å². The van der Waals surface area contributed by atoms with Gasteiger partial charge in [-0.25, -0.2) is 13.9 Å². The van der Waals surface area contributed by atoms with Crippen molar-refractivity contribution in [2.24, 2.45) is 0 Å². The van der Waals surface area contributed by atoms with Crippen LogP contribution in [0.3, 0.4) is 0 Å². The number of hydrogen-bond donors (Lipinski definition) is 0. The Morgan fingerprint density at radius 3 is 2.31 bits per heavy atom. The van der Waals surface area contributed by atoms with Crippen molar-refractivity contribution < 1.29 is 23.5 Å². The number of ketones is 1. The molecule has 6 nitrogen and oxygen atoms in total. The van der Waals surface area contributed by atoms with Crippen molar-refractivity contribution >= 4 is 23.4 Å². The van der Waals surface area contributed by atoms with Crippen LogP contribution in [0.25, 0.3) is 5.69 Å². The number of nitrogens with zero attached hydrogens (tertiary/aromatic N) is 2. The first-order chi connectivity index (χ1) is 13.8. The van der Waals surface area contributed by atoms with Gasteiger partial charge in [-0.05, 0) is 62.4 Å². The minimum Gasteiger partial charge on any atom is -0.497 e. The summed E-state index contributed by atoms with van der Waals surface area (Å²) in [6, 6.07) is 12.0. The van der Waals surface area contributed by atoms with E-state index in [-0.39, 0.29) is 16.5 Å². The van der Waals surface area contributed by atoms with Gasteiger partial charge in [0.05, 0.1) is 18.5 Å². The summed E-state index contributed by atoms with van der Waals surface area (Å²) in [6.07, 6.45) is -1.03. The van der Waals surface area contributed by atoms with Crippen LogP contribution in [0.4, 0.5) is 4.39 Å². The Hall–Kier alpha value is -3.19. The van der Waals surface area contributed by atoms with Gasteiger partial charge in [0.25, 0.3) is 0 Å². The Balaban J connectivity index is 1.79. The molecule has 0 saturated heterocycles. The van der Waals surface area contributed by atoms with Gasteiger partial charge in [-0.2, -0.15) is 5.10 Å². The standard InChI is InChI=1S/C21H18ClFN2O4/c1-12-18(20(22)25(24-12)16-8-6-15(23)7-9-16)21(27)29-13(2)19(26)14-4-10-17(28-3)11-5-14/h4-11,13H,1-3H3/t13-/m1/s1. The Morgan fingerprint density at radius 2 is 1.72 bits per heavy atom. The van der Waals surface area contributed by atoms with Crippen molar-refractivity contribution in [2.45, 2.75) is 20.0 Å².